The van der Waals surface area contributed by atoms with Gasteiger partial charge in [0.2, 0.25) is 0 Å². The van der Waals surface area contributed by atoms with Crippen molar-refractivity contribution in [2.45, 2.75) is 24.0 Å². The fraction of sp³-hybridized carbons (Fsp3) is 0.500. The lowest BCUT2D eigenvalue weighted by atomic mass is 9.86. The van der Waals surface area contributed by atoms with Gasteiger partial charge in [-0.3, -0.25) is 0 Å². The summed E-state index contributed by atoms with van der Waals surface area (Å²) in [5, 5.41) is 10.4. The SMILES string of the molecule is O=S(=O)(Oc1cccc(C2(O)CCOCC2)c1)C(F)(F)F. The summed E-state index contributed by atoms with van der Waals surface area (Å²) in [7, 11) is -5.72. The van der Waals surface area contributed by atoms with E-state index in [1.165, 1.54) is 12.1 Å². The van der Waals surface area contributed by atoms with Crippen molar-refractivity contribution in [3.8, 4) is 5.75 Å². The highest BCUT2D eigenvalue weighted by atomic mass is 32.2. The molecule has 0 unspecified atom stereocenters. The van der Waals surface area contributed by atoms with Gasteiger partial charge in [0.15, 0.2) is 0 Å². The van der Waals surface area contributed by atoms with Crippen LogP contribution >= 0.6 is 0 Å². The predicted molar refractivity (Wildman–Crippen MR) is 66.0 cm³/mol. The highest BCUT2D eigenvalue weighted by molar-refractivity contribution is 7.87. The molecule has 5 nitrogen and oxygen atoms in total. The van der Waals surface area contributed by atoms with E-state index in [1.54, 1.807) is 0 Å². The molecule has 0 aromatic heterocycles. The summed E-state index contributed by atoms with van der Waals surface area (Å²) in [6, 6.07) is 4.99. The number of alkyl halides is 3. The molecular formula is C12H13F3O5S. The molecule has 1 N–H and O–H groups in total. The molecule has 21 heavy (non-hydrogen) atoms. The standard InChI is InChI=1S/C12H13F3O5S/c13-12(14,15)21(17,18)20-10-3-1-2-9(8-10)11(16)4-6-19-7-5-11/h1-3,8,16H,4-7H2. The number of benzene rings is 1. The average molecular weight is 326 g/mol. The Morgan fingerprint density at radius 2 is 1.86 bits per heavy atom. The van der Waals surface area contributed by atoms with E-state index < -0.39 is 27.0 Å². The van der Waals surface area contributed by atoms with Crippen LogP contribution in [0.15, 0.2) is 24.3 Å². The van der Waals surface area contributed by atoms with Crippen LogP contribution in [0.1, 0.15) is 18.4 Å². The van der Waals surface area contributed by atoms with Crippen molar-refractivity contribution in [3.05, 3.63) is 29.8 Å². The van der Waals surface area contributed by atoms with Crippen LogP contribution in [0.4, 0.5) is 13.2 Å². The smallest absolute Gasteiger partial charge is 0.385 e. The topological polar surface area (TPSA) is 72.8 Å². The van der Waals surface area contributed by atoms with Crippen molar-refractivity contribution < 1.29 is 35.6 Å². The molecule has 1 saturated heterocycles. The van der Waals surface area contributed by atoms with Gasteiger partial charge in [-0.2, -0.15) is 21.6 Å². The lowest BCUT2D eigenvalue weighted by molar-refractivity contribution is -0.0679. The van der Waals surface area contributed by atoms with Gasteiger partial charge in [0.05, 0.1) is 5.60 Å². The van der Waals surface area contributed by atoms with Crippen molar-refractivity contribution in [3.63, 3.8) is 0 Å². The van der Waals surface area contributed by atoms with Crippen molar-refractivity contribution in [2.24, 2.45) is 0 Å². The highest BCUT2D eigenvalue weighted by Gasteiger charge is 2.48. The second-order valence-corrected chi connectivity index (χ2v) is 6.19. The van der Waals surface area contributed by atoms with Crippen LogP contribution < -0.4 is 4.18 Å². The Labute approximate surface area is 119 Å². The summed E-state index contributed by atoms with van der Waals surface area (Å²) in [6.07, 6.45) is 0.533. The van der Waals surface area contributed by atoms with Crippen LogP contribution in [0.2, 0.25) is 0 Å². The van der Waals surface area contributed by atoms with Gasteiger partial charge in [-0.05, 0) is 17.7 Å². The molecule has 0 radical (unpaired) electrons. The van der Waals surface area contributed by atoms with Crippen LogP contribution in [0, 0.1) is 0 Å². The molecule has 1 aromatic carbocycles. The summed E-state index contributed by atoms with van der Waals surface area (Å²) in [5.74, 6) is -0.496. The van der Waals surface area contributed by atoms with Crippen LogP contribution in [0.25, 0.3) is 0 Å². The minimum absolute atomic E-state index is 0.266. The Balaban J connectivity index is 2.26. The maximum atomic E-state index is 12.3. The first-order chi connectivity index (χ1) is 9.64. The molecular weight excluding hydrogens is 313 g/mol. The molecule has 0 spiro atoms. The molecule has 2 rings (SSSR count). The first-order valence-electron chi connectivity index (χ1n) is 6.05. The van der Waals surface area contributed by atoms with Crippen LogP contribution in [-0.2, 0) is 20.5 Å². The second kappa shape index (κ2) is 5.47. The zero-order valence-electron chi connectivity index (χ0n) is 10.8. The Hall–Kier alpha value is -1.32. The number of ether oxygens (including phenoxy) is 1. The van der Waals surface area contributed by atoms with Crippen molar-refractivity contribution in [1.29, 1.82) is 0 Å². The van der Waals surface area contributed by atoms with E-state index in [0.717, 1.165) is 12.1 Å². The van der Waals surface area contributed by atoms with E-state index in [0.29, 0.717) is 18.8 Å². The maximum absolute atomic E-state index is 12.3. The number of halogens is 3. The number of hydrogen-bond donors (Lipinski definition) is 1. The summed E-state index contributed by atoms with van der Waals surface area (Å²) in [5.41, 5.74) is -6.47. The predicted octanol–water partition coefficient (Wildman–Crippen LogP) is 1.91. The molecule has 1 aliphatic rings. The van der Waals surface area contributed by atoms with Gasteiger partial charge in [0, 0.05) is 26.1 Å². The highest BCUT2D eigenvalue weighted by Crippen LogP contribution is 2.34. The molecule has 118 valence electrons. The summed E-state index contributed by atoms with van der Waals surface area (Å²) >= 11 is 0. The third kappa shape index (κ3) is 3.47. The van der Waals surface area contributed by atoms with Gasteiger partial charge < -0.3 is 14.0 Å². The molecule has 0 bridgehead atoms. The molecule has 0 saturated carbocycles. The number of rotatable bonds is 3. The van der Waals surface area contributed by atoms with Gasteiger partial charge in [-0.15, -0.1) is 0 Å². The fourth-order valence-electron chi connectivity index (χ4n) is 2.01. The Morgan fingerprint density at radius 3 is 2.43 bits per heavy atom. The van der Waals surface area contributed by atoms with Crippen LogP contribution in [0.5, 0.6) is 5.75 Å². The molecule has 0 aliphatic carbocycles. The monoisotopic (exact) mass is 326 g/mol. The van der Waals surface area contributed by atoms with Crippen LogP contribution in [0.3, 0.4) is 0 Å². The van der Waals surface area contributed by atoms with E-state index in [4.69, 9.17) is 4.74 Å². The quantitative estimate of drug-likeness (QED) is 0.678. The number of hydrogen-bond acceptors (Lipinski definition) is 5. The first kappa shape index (κ1) is 16.1. The van der Waals surface area contributed by atoms with Gasteiger partial charge >= 0.3 is 15.6 Å². The molecule has 1 fully saturated rings. The Morgan fingerprint density at radius 1 is 1.24 bits per heavy atom. The fourth-order valence-corrected chi connectivity index (χ4v) is 2.46. The van der Waals surface area contributed by atoms with Crippen LogP contribution in [-0.4, -0.2) is 32.2 Å². The zero-order chi connectivity index (χ0) is 15.7. The maximum Gasteiger partial charge on any atom is 0.534 e. The summed E-state index contributed by atoms with van der Waals surface area (Å²) in [6.45, 7) is 0.616. The average Bonchev–Trinajstić information content (AvgIpc) is 2.38. The van der Waals surface area contributed by atoms with E-state index in [9.17, 15) is 26.7 Å². The molecule has 1 aliphatic heterocycles. The molecule has 1 aromatic rings. The van der Waals surface area contributed by atoms with Crippen molar-refractivity contribution >= 4 is 10.1 Å². The molecule has 0 amide bonds. The first-order valence-corrected chi connectivity index (χ1v) is 7.46. The zero-order valence-corrected chi connectivity index (χ0v) is 11.6. The molecule has 9 heteroatoms. The molecule has 0 atom stereocenters. The van der Waals surface area contributed by atoms with Gasteiger partial charge in [0.25, 0.3) is 0 Å². The Bertz CT molecular complexity index is 606. The summed E-state index contributed by atoms with van der Waals surface area (Å²) < 4.78 is 67.9. The molecule has 1 heterocycles. The largest absolute Gasteiger partial charge is 0.534 e. The second-order valence-electron chi connectivity index (χ2n) is 4.65. The van der Waals surface area contributed by atoms with Gasteiger partial charge in [-0.1, -0.05) is 12.1 Å². The Kier molecular flexibility index (Phi) is 4.18. The third-order valence-corrected chi connectivity index (χ3v) is 4.16. The normalized spacial score (nSPS) is 19.2. The van der Waals surface area contributed by atoms with E-state index in [1.807, 2.05) is 0 Å². The third-order valence-electron chi connectivity index (χ3n) is 3.18. The number of aliphatic hydroxyl groups is 1. The van der Waals surface area contributed by atoms with E-state index in [2.05, 4.69) is 4.18 Å². The minimum atomic E-state index is -5.72. The lowest BCUT2D eigenvalue weighted by Gasteiger charge is -2.32. The van der Waals surface area contributed by atoms with Crippen molar-refractivity contribution in [2.75, 3.05) is 13.2 Å². The van der Waals surface area contributed by atoms with Gasteiger partial charge in [0.1, 0.15) is 5.75 Å². The van der Waals surface area contributed by atoms with E-state index in [-0.39, 0.29) is 12.8 Å². The van der Waals surface area contributed by atoms with Gasteiger partial charge in [-0.25, -0.2) is 0 Å². The lowest BCUT2D eigenvalue weighted by Crippen LogP contribution is -2.33. The minimum Gasteiger partial charge on any atom is -0.385 e. The van der Waals surface area contributed by atoms with E-state index >= 15 is 0 Å². The summed E-state index contributed by atoms with van der Waals surface area (Å²) in [4.78, 5) is 0. The van der Waals surface area contributed by atoms with Crippen molar-refractivity contribution in [1.82, 2.24) is 0 Å².